The number of anilines is 1. The van der Waals surface area contributed by atoms with E-state index in [4.69, 9.17) is 9.15 Å². The molecule has 0 saturated carbocycles. The zero-order chi connectivity index (χ0) is 20.1. The summed E-state index contributed by atoms with van der Waals surface area (Å²) in [5.41, 5.74) is 1.60. The molecule has 1 N–H and O–H groups in total. The molecule has 1 aromatic heterocycles. The maximum atomic E-state index is 13.0. The number of quaternary nitrogens is 1. The highest BCUT2D eigenvalue weighted by atomic mass is 19.1. The Labute approximate surface area is 168 Å². The van der Waals surface area contributed by atoms with Crippen LogP contribution in [0.2, 0.25) is 0 Å². The van der Waals surface area contributed by atoms with Crippen molar-refractivity contribution < 1.29 is 18.4 Å². The van der Waals surface area contributed by atoms with Gasteiger partial charge in [0.25, 0.3) is 0 Å². The fourth-order valence-electron chi connectivity index (χ4n) is 3.47. The van der Waals surface area contributed by atoms with Crippen LogP contribution in [0.3, 0.4) is 0 Å². The molecule has 2 heterocycles. The van der Waals surface area contributed by atoms with Crippen molar-refractivity contribution in [2.45, 2.75) is 13.2 Å². The highest BCUT2D eigenvalue weighted by Gasteiger charge is 2.26. The Hall–Kier alpha value is -3.37. The van der Waals surface area contributed by atoms with Gasteiger partial charge in [0.1, 0.15) is 24.2 Å². The van der Waals surface area contributed by atoms with Gasteiger partial charge in [-0.1, -0.05) is 30.3 Å². The summed E-state index contributed by atoms with van der Waals surface area (Å²) in [4.78, 5) is 7.82. The second kappa shape index (κ2) is 8.76. The maximum Gasteiger partial charge on any atom is 0.236 e. The van der Waals surface area contributed by atoms with Crippen LogP contribution in [-0.2, 0) is 13.2 Å². The van der Waals surface area contributed by atoms with E-state index in [-0.39, 0.29) is 18.1 Å². The zero-order valence-corrected chi connectivity index (χ0v) is 16.0. The minimum Gasteiger partial charge on any atom is -0.484 e. The third-order valence-corrected chi connectivity index (χ3v) is 4.99. The van der Waals surface area contributed by atoms with E-state index in [1.54, 1.807) is 12.1 Å². The second-order valence-corrected chi connectivity index (χ2v) is 7.02. The van der Waals surface area contributed by atoms with Crippen LogP contribution in [0, 0.1) is 17.1 Å². The number of oxazole rings is 1. The molecule has 1 saturated heterocycles. The molecule has 4 rings (SSSR count). The van der Waals surface area contributed by atoms with Crippen LogP contribution in [0.4, 0.5) is 10.3 Å². The summed E-state index contributed by atoms with van der Waals surface area (Å²) in [7, 11) is 0. The molecule has 0 unspecified atom stereocenters. The fraction of sp³-hybridized carbons (Fsp3) is 0.273. The molecule has 3 aromatic rings. The summed E-state index contributed by atoms with van der Waals surface area (Å²) in [5.74, 6) is 1.03. The molecular weight excluding hydrogens is 371 g/mol. The highest BCUT2D eigenvalue weighted by Crippen LogP contribution is 2.23. The van der Waals surface area contributed by atoms with Gasteiger partial charge in [0, 0.05) is 5.56 Å². The van der Waals surface area contributed by atoms with Crippen molar-refractivity contribution in [3.05, 3.63) is 77.6 Å². The Bertz CT molecular complexity index is 974. The highest BCUT2D eigenvalue weighted by molar-refractivity contribution is 5.48. The first kappa shape index (κ1) is 19.0. The van der Waals surface area contributed by atoms with Crippen molar-refractivity contribution >= 4 is 5.88 Å². The third-order valence-electron chi connectivity index (χ3n) is 4.99. The Balaban J connectivity index is 1.36. The van der Waals surface area contributed by atoms with Crippen LogP contribution >= 0.6 is 0 Å². The Morgan fingerprint density at radius 3 is 2.52 bits per heavy atom. The van der Waals surface area contributed by atoms with Gasteiger partial charge in [-0.25, -0.2) is 4.39 Å². The maximum absolute atomic E-state index is 13.0. The molecule has 2 aromatic carbocycles. The lowest BCUT2D eigenvalue weighted by molar-refractivity contribution is -0.914. The third kappa shape index (κ3) is 4.73. The van der Waals surface area contributed by atoms with Gasteiger partial charge < -0.3 is 19.0 Å². The quantitative estimate of drug-likeness (QED) is 0.695. The number of nitrogens with zero attached hydrogens (tertiary/aromatic N) is 3. The number of aromatic nitrogens is 1. The first-order valence-corrected chi connectivity index (χ1v) is 9.62. The largest absolute Gasteiger partial charge is 0.484 e. The minimum absolute atomic E-state index is 0.0829. The molecule has 0 radical (unpaired) electrons. The molecule has 7 heteroatoms. The minimum atomic E-state index is -0.323. The summed E-state index contributed by atoms with van der Waals surface area (Å²) >= 11 is 0. The lowest BCUT2D eigenvalue weighted by atomic mass is 10.2. The van der Waals surface area contributed by atoms with E-state index in [0.29, 0.717) is 17.5 Å². The first-order chi connectivity index (χ1) is 14.2. The van der Waals surface area contributed by atoms with Crippen molar-refractivity contribution in [1.29, 1.82) is 5.26 Å². The number of rotatable bonds is 6. The van der Waals surface area contributed by atoms with Crippen LogP contribution in [0.15, 0.2) is 59.0 Å². The van der Waals surface area contributed by atoms with Gasteiger partial charge in [0.15, 0.2) is 6.61 Å². The number of hydrogen-bond donors (Lipinski definition) is 1. The van der Waals surface area contributed by atoms with E-state index >= 15 is 0 Å². The van der Waals surface area contributed by atoms with E-state index in [9.17, 15) is 9.65 Å². The van der Waals surface area contributed by atoms with Crippen LogP contribution in [0.1, 0.15) is 17.1 Å². The van der Waals surface area contributed by atoms with Gasteiger partial charge in [0.2, 0.25) is 17.5 Å². The van der Waals surface area contributed by atoms with Crippen molar-refractivity contribution in [2.24, 2.45) is 0 Å². The van der Waals surface area contributed by atoms with Gasteiger partial charge in [-0.15, -0.1) is 0 Å². The van der Waals surface area contributed by atoms with Gasteiger partial charge in [-0.2, -0.15) is 10.2 Å². The van der Waals surface area contributed by atoms with Crippen LogP contribution in [0.5, 0.6) is 5.75 Å². The molecule has 1 aliphatic heterocycles. The van der Waals surface area contributed by atoms with E-state index in [1.165, 1.54) is 22.6 Å². The predicted molar refractivity (Wildman–Crippen MR) is 105 cm³/mol. The van der Waals surface area contributed by atoms with Gasteiger partial charge in [0.05, 0.1) is 26.2 Å². The Kier molecular flexibility index (Phi) is 5.73. The first-order valence-electron chi connectivity index (χ1n) is 9.62. The van der Waals surface area contributed by atoms with Crippen molar-refractivity contribution in [1.82, 2.24) is 4.98 Å². The molecular formula is C22H22FN4O2+. The van der Waals surface area contributed by atoms with Crippen molar-refractivity contribution in [2.75, 3.05) is 31.1 Å². The van der Waals surface area contributed by atoms with Crippen LogP contribution < -0.4 is 14.5 Å². The SMILES string of the molecule is N#Cc1nc(COc2ccc(F)cc2)oc1N1CC[NH+](Cc2ccccc2)CC1. The summed E-state index contributed by atoms with van der Waals surface area (Å²) in [6.07, 6.45) is 0. The topological polar surface area (TPSA) is 66.7 Å². The molecule has 0 bridgehead atoms. The lowest BCUT2D eigenvalue weighted by Crippen LogP contribution is -3.13. The molecule has 0 aliphatic carbocycles. The molecule has 0 spiro atoms. The normalized spacial score (nSPS) is 14.6. The molecule has 148 valence electrons. The number of nitrogens with one attached hydrogen (secondary N) is 1. The summed E-state index contributed by atoms with van der Waals surface area (Å²) < 4.78 is 24.4. The van der Waals surface area contributed by atoms with E-state index in [0.717, 1.165) is 32.7 Å². The average Bonchev–Trinajstić information content (AvgIpc) is 3.18. The van der Waals surface area contributed by atoms with Crippen LogP contribution in [0.25, 0.3) is 0 Å². The summed E-state index contributed by atoms with van der Waals surface area (Å²) in [6.45, 7) is 4.59. The molecule has 6 nitrogen and oxygen atoms in total. The van der Waals surface area contributed by atoms with E-state index < -0.39 is 0 Å². The van der Waals surface area contributed by atoms with Gasteiger partial charge in [-0.3, -0.25) is 0 Å². The molecule has 0 atom stereocenters. The lowest BCUT2D eigenvalue weighted by Gasteiger charge is -2.31. The predicted octanol–water partition coefficient (Wildman–Crippen LogP) is 2.17. The average molecular weight is 393 g/mol. The molecule has 29 heavy (non-hydrogen) atoms. The monoisotopic (exact) mass is 393 g/mol. The number of halogens is 1. The second-order valence-electron chi connectivity index (χ2n) is 7.02. The molecule has 1 aliphatic rings. The van der Waals surface area contributed by atoms with Crippen molar-refractivity contribution in [3.63, 3.8) is 0 Å². The van der Waals surface area contributed by atoms with Crippen LogP contribution in [-0.4, -0.2) is 31.2 Å². The Morgan fingerprint density at radius 2 is 1.83 bits per heavy atom. The summed E-state index contributed by atoms with van der Waals surface area (Å²) in [5, 5.41) is 9.44. The number of piperazine rings is 1. The standard InChI is InChI=1S/C22H21FN4O2/c23-18-6-8-19(9-7-18)28-16-21-25-20(14-24)22(29-21)27-12-10-26(11-13-27)15-17-4-2-1-3-5-17/h1-9H,10-13,15-16H2/p+1. The number of benzene rings is 2. The number of nitriles is 1. The van der Waals surface area contributed by atoms with Gasteiger partial charge >= 0.3 is 0 Å². The fourth-order valence-corrected chi connectivity index (χ4v) is 3.47. The van der Waals surface area contributed by atoms with Crippen molar-refractivity contribution in [3.8, 4) is 11.8 Å². The molecule has 1 fully saturated rings. The Morgan fingerprint density at radius 1 is 1.10 bits per heavy atom. The zero-order valence-electron chi connectivity index (χ0n) is 16.0. The number of ether oxygens (including phenoxy) is 1. The van der Waals surface area contributed by atoms with E-state index in [2.05, 4.69) is 40.2 Å². The number of hydrogen-bond acceptors (Lipinski definition) is 5. The smallest absolute Gasteiger partial charge is 0.236 e. The van der Waals surface area contributed by atoms with Gasteiger partial charge in [-0.05, 0) is 24.3 Å². The van der Waals surface area contributed by atoms with E-state index in [1.807, 2.05) is 6.07 Å². The molecule has 0 amide bonds. The summed E-state index contributed by atoms with van der Waals surface area (Å²) in [6, 6.07) is 18.3.